The molecule has 0 aliphatic heterocycles. The number of pyridine rings is 1. The Hall–Kier alpha value is -3.82. The van der Waals surface area contributed by atoms with E-state index in [-0.39, 0.29) is 39.3 Å². The van der Waals surface area contributed by atoms with E-state index in [0.29, 0.717) is 41.1 Å². The Morgan fingerprint density at radius 2 is 1.83 bits per heavy atom. The highest BCUT2D eigenvalue weighted by Gasteiger charge is 2.17. The van der Waals surface area contributed by atoms with E-state index < -0.39 is 5.97 Å². The lowest BCUT2D eigenvalue weighted by Crippen LogP contribution is -2.20. The van der Waals surface area contributed by atoms with Crippen molar-refractivity contribution in [2.24, 2.45) is 7.05 Å². The van der Waals surface area contributed by atoms with Gasteiger partial charge in [0.25, 0.3) is 5.56 Å². The van der Waals surface area contributed by atoms with E-state index in [1.165, 1.54) is 16.7 Å². The molecule has 35 heavy (non-hydrogen) atoms. The third kappa shape index (κ3) is 5.47. The molecule has 0 unspecified atom stereocenters. The molecular weight excluding hydrogens is 495 g/mol. The zero-order valence-corrected chi connectivity index (χ0v) is 20.0. The molecule has 0 saturated carbocycles. The predicted molar refractivity (Wildman–Crippen MR) is 134 cm³/mol. The zero-order chi connectivity index (χ0) is 25.1. The van der Waals surface area contributed by atoms with Gasteiger partial charge in [-0.3, -0.25) is 14.2 Å². The largest absolute Gasteiger partial charge is 0.508 e. The molecule has 2 aromatic heterocycles. The van der Waals surface area contributed by atoms with Gasteiger partial charge in [-0.05, 0) is 48.9 Å². The number of carbonyl (C=O) groups is 1. The summed E-state index contributed by atoms with van der Waals surface area (Å²) in [5.41, 5.74) is 1.33. The third-order valence-corrected chi connectivity index (χ3v) is 5.76. The highest BCUT2D eigenvalue weighted by atomic mass is 35.5. The number of aromatic hydroxyl groups is 1. The maximum atomic E-state index is 13.1. The summed E-state index contributed by atoms with van der Waals surface area (Å²) < 4.78 is 6.91. The Labute approximate surface area is 209 Å². The Morgan fingerprint density at radius 3 is 2.49 bits per heavy atom. The second-order valence-electron chi connectivity index (χ2n) is 7.67. The summed E-state index contributed by atoms with van der Waals surface area (Å²) in [6, 6.07) is 11.3. The quantitative estimate of drug-likeness (QED) is 0.280. The number of carboxylic acid groups (broad SMARTS) is 1. The van der Waals surface area contributed by atoms with Crippen molar-refractivity contribution in [2.45, 2.75) is 12.8 Å². The number of ether oxygens (including phenoxy) is 1. The van der Waals surface area contributed by atoms with Crippen LogP contribution in [-0.4, -0.2) is 37.3 Å². The standard InChI is InChI=1S/C24H20Cl2N4O5/c1-30-22-13(9-17(23(30)34)21-18(25)10-15(31)11-19(21)26)12-27-24(29-22)28-14-4-6-16(7-5-14)35-8-2-3-20(32)33/h4-7,9-12,31H,2-3,8H2,1H3,(H,32,33)(H,27,28,29). The summed E-state index contributed by atoms with van der Waals surface area (Å²) in [7, 11) is 1.59. The third-order valence-electron chi connectivity index (χ3n) is 5.16. The number of hydrogen-bond acceptors (Lipinski definition) is 7. The molecule has 0 aliphatic carbocycles. The van der Waals surface area contributed by atoms with Crippen LogP contribution in [0.15, 0.2) is 53.5 Å². The van der Waals surface area contributed by atoms with Gasteiger partial charge in [-0.2, -0.15) is 4.98 Å². The van der Waals surface area contributed by atoms with Crippen molar-refractivity contribution in [2.75, 3.05) is 11.9 Å². The Morgan fingerprint density at radius 1 is 1.14 bits per heavy atom. The highest BCUT2D eigenvalue weighted by Crippen LogP contribution is 2.37. The summed E-state index contributed by atoms with van der Waals surface area (Å²) in [6.45, 7) is 0.309. The lowest BCUT2D eigenvalue weighted by atomic mass is 10.1. The number of nitrogens with one attached hydrogen (secondary N) is 1. The van der Waals surface area contributed by atoms with Crippen LogP contribution in [-0.2, 0) is 11.8 Å². The summed E-state index contributed by atoms with van der Waals surface area (Å²) in [4.78, 5) is 32.4. The fraction of sp³-hybridized carbons (Fsp3) is 0.167. The van der Waals surface area contributed by atoms with E-state index in [4.69, 9.17) is 33.0 Å². The molecular formula is C24H20Cl2N4O5. The molecule has 2 heterocycles. The number of aliphatic carboxylic acids is 1. The molecule has 0 saturated heterocycles. The minimum atomic E-state index is -0.856. The number of phenols is 1. The van der Waals surface area contributed by atoms with Crippen molar-refractivity contribution in [3.8, 4) is 22.6 Å². The lowest BCUT2D eigenvalue weighted by molar-refractivity contribution is -0.137. The van der Waals surface area contributed by atoms with Crippen LogP contribution in [0.3, 0.4) is 0 Å². The number of hydrogen-bond donors (Lipinski definition) is 3. The number of nitrogens with zero attached hydrogens (tertiary/aromatic N) is 3. The smallest absolute Gasteiger partial charge is 0.303 e. The van der Waals surface area contributed by atoms with Crippen molar-refractivity contribution >= 4 is 51.8 Å². The minimum absolute atomic E-state index is 0.0535. The molecule has 9 nitrogen and oxygen atoms in total. The number of anilines is 2. The molecule has 0 spiro atoms. The molecule has 2 aromatic carbocycles. The van der Waals surface area contributed by atoms with Gasteiger partial charge in [0.1, 0.15) is 17.1 Å². The monoisotopic (exact) mass is 514 g/mol. The summed E-state index contributed by atoms with van der Waals surface area (Å²) in [5.74, 6) is -0.0543. The van der Waals surface area contributed by atoms with Gasteiger partial charge in [0.05, 0.1) is 22.2 Å². The second-order valence-corrected chi connectivity index (χ2v) is 8.49. The first kappa shape index (κ1) is 24.3. The molecule has 0 atom stereocenters. The van der Waals surface area contributed by atoms with Gasteiger partial charge in [-0.25, -0.2) is 4.98 Å². The number of fused-ring (bicyclic) bond motifs is 1. The van der Waals surface area contributed by atoms with Crippen LogP contribution < -0.4 is 15.6 Å². The van der Waals surface area contributed by atoms with E-state index in [2.05, 4.69) is 15.3 Å². The van der Waals surface area contributed by atoms with Crippen LogP contribution >= 0.6 is 23.2 Å². The molecule has 0 fully saturated rings. The topological polar surface area (TPSA) is 127 Å². The number of aryl methyl sites for hydroxylation is 1. The van der Waals surface area contributed by atoms with E-state index in [9.17, 15) is 14.7 Å². The lowest BCUT2D eigenvalue weighted by Gasteiger charge is -2.12. The zero-order valence-electron chi connectivity index (χ0n) is 18.5. The second kappa shape index (κ2) is 10.2. The number of benzene rings is 2. The molecule has 0 amide bonds. The summed E-state index contributed by atoms with van der Waals surface area (Å²) in [6.07, 6.45) is 2.06. The van der Waals surface area contributed by atoms with Crippen molar-refractivity contribution in [3.63, 3.8) is 0 Å². The van der Waals surface area contributed by atoms with Crippen LogP contribution in [0.2, 0.25) is 10.0 Å². The first-order valence-electron chi connectivity index (χ1n) is 10.5. The molecule has 0 aliphatic rings. The van der Waals surface area contributed by atoms with Gasteiger partial charge >= 0.3 is 5.97 Å². The van der Waals surface area contributed by atoms with Gasteiger partial charge in [0.2, 0.25) is 5.95 Å². The van der Waals surface area contributed by atoms with Crippen molar-refractivity contribution in [1.82, 2.24) is 14.5 Å². The fourth-order valence-corrected chi connectivity index (χ4v) is 4.16. The molecule has 0 bridgehead atoms. The Bertz CT molecular complexity index is 1450. The van der Waals surface area contributed by atoms with Gasteiger partial charge < -0.3 is 20.3 Å². The van der Waals surface area contributed by atoms with E-state index in [0.717, 1.165) is 0 Å². The molecule has 11 heteroatoms. The predicted octanol–water partition coefficient (Wildman–Crippen LogP) is 5.00. The maximum Gasteiger partial charge on any atom is 0.303 e. The van der Waals surface area contributed by atoms with E-state index >= 15 is 0 Å². The first-order valence-corrected chi connectivity index (χ1v) is 11.3. The molecule has 4 aromatic rings. The van der Waals surface area contributed by atoms with Gasteiger partial charge in [0.15, 0.2) is 0 Å². The van der Waals surface area contributed by atoms with Gasteiger partial charge in [0, 0.05) is 36.3 Å². The molecule has 4 rings (SSSR count). The van der Waals surface area contributed by atoms with Crippen molar-refractivity contribution < 1.29 is 19.7 Å². The van der Waals surface area contributed by atoms with E-state index in [1.54, 1.807) is 43.6 Å². The molecule has 180 valence electrons. The molecule has 0 radical (unpaired) electrons. The van der Waals surface area contributed by atoms with Crippen molar-refractivity contribution in [3.05, 3.63) is 69.1 Å². The van der Waals surface area contributed by atoms with Gasteiger partial charge in [-0.1, -0.05) is 23.2 Å². The number of phenolic OH excluding ortho intramolecular Hbond substituents is 1. The Balaban J connectivity index is 1.57. The molecule has 3 N–H and O–H groups in total. The number of aromatic nitrogens is 3. The SMILES string of the molecule is Cn1c(=O)c(-c2c(Cl)cc(O)cc2Cl)cc2cnc(Nc3ccc(OCCCC(=O)O)cc3)nc21. The summed E-state index contributed by atoms with van der Waals surface area (Å²) in [5, 5.41) is 22.3. The van der Waals surface area contributed by atoms with Crippen LogP contribution in [0, 0.1) is 0 Å². The average Bonchev–Trinajstić information content (AvgIpc) is 2.80. The number of halogens is 2. The Kier molecular flexibility index (Phi) is 7.09. The minimum Gasteiger partial charge on any atom is -0.508 e. The fourth-order valence-electron chi connectivity index (χ4n) is 3.48. The highest BCUT2D eigenvalue weighted by molar-refractivity contribution is 6.39. The maximum absolute atomic E-state index is 13.1. The van der Waals surface area contributed by atoms with Gasteiger partial charge in [-0.15, -0.1) is 0 Å². The normalized spacial score (nSPS) is 10.9. The van der Waals surface area contributed by atoms with Crippen LogP contribution in [0.5, 0.6) is 11.5 Å². The number of rotatable bonds is 8. The summed E-state index contributed by atoms with van der Waals surface area (Å²) >= 11 is 12.5. The van der Waals surface area contributed by atoms with E-state index in [1.807, 2.05) is 0 Å². The van der Waals surface area contributed by atoms with Crippen LogP contribution in [0.1, 0.15) is 12.8 Å². The van der Waals surface area contributed by atoms with Crippen molar-refractivity contribution in [1.29, 1.82) is 0 Å². The van der Waals surface area contributed by atoms with Crippen LogP contribution in [0.4, 0.5) is 11.6 Å². The average molecular weight is 515 g/mol. The number of carboxylic acids is 1. The first-order chi connectivity index (χ1) is 16.7. The van der Waals surface area contributed by atoms with Crippen LogP contribution in [0.25, 0.3) is 22.2 Å².